The quantitative estimate of drug-likeness (QED) is 0.516. The van der Waals surface area contributed by atoms with E-state index >= 15 is 0 Å². The average Bonchev–Trinajstić information content (AvgIpc) is 2.46. The molecule has 2 aromatic rings. The molecule has 0 aliphatic carbocycles. The van der Waals surface area contributed by atoms with Gasteiger partial charge in [0.25, 0.3) is 5.69 Å². The Morgan fingerprint density at radius 2 is 2.00 bits per heavy atom. The molecule has 0 radical (unpaired) electrons. The summed E-state index contributed by atoms with van der Waals surface area (Å²) in [7, 11) is 0. The summed E-state index contributed by atoms with van der Waals surface area (Å²) in [5.41, 5.74) is 0.952. The van der Waals surface area contributed by atoms with E-state index in [1.165, 1.54) is 18.2 Å². The summed E-state index contributed by atoms with van der Waals surface area (Å²) in [5.74, 6) is -0.317. The van der Waals surface area contributed by atoms with Crippen molar-refractivity contribution in [3.8, 4) is 0 Å². The molecular weight excluding hydrogens is 293 g/mol. The first-order valence-electron chi connectivity index (χ1n) is 6.09. The predicted molar refractivity (Wildman–Crippen MR) is 82.6 cm³/mol. The average molecular weight is 305 g/mol. The van der Waals surface area contributed by atoms with Crippen LogP contribution in [-0.4, -0.2) is 10.0 Å². The van der Waals surface area contributed by atoms with Crippen molar-refractivity contribution >= 4 is 28.7 Å². The van der Waals surface area contributed by atoms with E-state index in [2.05, 4.69) is 10.6 Å². The van der Waals surface area contributed by atoms with Crippen LogP contribution < -0.4 is 10.6 Å². The highest BCUT2D eigenvalue weighted by Crippen LogP contribution is 2.16. The maximum atomic E-state index is 13.4. The Balaban J connectivity index is 1.95. The molecule has 108 valence electrons. The maximum Gasteiger partial charge on any atom is 0.271 e. The van der Waals surface area contributed by atoms with Gasteiger partial charge in [0.2, 0.25) is 0 Å². The lowest BCUT2D eigenvalue weighted by Crippen LogP contribution is -2.28. The van der Waals surface area contributed by atoms with Gasteiger partial charge in [-0.05, 0) is 24.4 Å². The summed E-state index contributed by atoms with van der Waals surface area (Å²) in [5, 5.41) is 16.6. The number of nitrogens with zero attached hydrogens (tertiary/aromatic N) is 1. The zero-order valence-corrected chi connectivity index (χ0v) is 11.7. The minimum atomic E-state index is -0.485. The van der Waals surface area contributed by atoms with Crippen LogP contribution in [0.3, 0.4) is 0 Å². The third kappa shape index (κ3) is 4.22. The summed E-state index contributed by atoms with van der Waals surface area (Å²) in [4.78, 5) is 10.2. The molecule has 0 atom stereocenters. The molecule has 0 fully saturated rings. The Labute approximate surface area is 125 Å². The first-order valence-corrected chi connectivity index (χ1v) is 6.50. The molecule has 2 rings (SSSR count). The lowest BCUT2D eigenvalue weighted by Gasteiger charge is -2.10. The van der Waals surface area contributed by atoms with Crippen molar-refractivity contribution in [1.82, 2.24) is 5.32 Å². The topological polar surface area (TPSA) is 67.2 Å². The van der Waals surface area contributed by atoms with Crippen molar-refractivity contribution in [3.63, 3.8) is 0 Å². The van der Waals surface area contributed by atoms with Gasteiger partial charge in [-0.25, -0.2) is 4.39 Å². The molecule has 7 heteroatoms. The minimum absolute atomic E-state index is 0.0306. The highest BCUT2D eigenvalue weighted by molar-refractivity contribution is 7.80. The number of nitro groups is 1. The third-order valence-electron chi connectivity index (χ3n) is 2.71. The predicted octanol–water partition coefficient (Wildman–Crippen LogP) is 3.22. The molecule has 2 aromatic carbocycles. The number of rotatable bonds is 4. The summed E-state index contributed by atoms with van der Waals surface area (Å²) in [6, 6.07) is 12.3. The van der Waals surface area contributed by atoms with Crippen molar-refractivity contribution in [2.75, 3.05) is 5.32 Å². The molecule has 0 amide bonds. The van der Waals surface area contributed by atoms with Crippen LogP contribution in [0.1, 0.15) is 5.56 Å². The number of thiocarbonyl (C=S) groups is 1. The molecule has 5 nitrogen and oxygen atoms in total. The van der Waals surface area contributed by atoms with Crippen LogP contribution in [0.15, 0.2) is 48.5 Å². The Bertz CT molecular complexity index is 679. The van der Waals surface area contributed by atoms with Crippen LogP contribution in [0.2, 0.25) is 0 Å². The lowest BCUT2D eigenvalue weighted by atomic mass is 10.2. The van der Waals surface area contributed by atoms with Gasteiger partial charge in [-0.3, -0.25) is 10.1 Å². The summed E-state index contributed by atoms with van der Waals surface area (Å²) in [6.45, 7) is 0.230. The molecule has 21 heavy (non-hydrogen) atoms. The van der Waals surface area contributed by atoms with Gasteiger partial charge in [0, 0.05) is 29.9 Å². The molecule has 0 spiro atoms. The minimum Gasteiger partial charge on any atom is -0.358 e. The van der Waals surface area contributed by atoms with Crippen LogP contribution >= 0.6 is 12.2 Å². The molecule has 0 heterocycles. The summed E-state index contributed by atoms with van der Waals surface area (Å²) in [6.07, 6.45) is 0. The van der Waals surface area contributed by atoms with Crippen molar-refractivity contribution in [2.24, 2.45) is 0 Å². The van der Waals surface area contributed by atoms with E-state index in [1.807, 2.05) is 0 Å². The second kappa shape index (κ2) is 6.76. The van der Waals surface area contributed by atoms with Crippen LogP contribution in [0.4, 0.5) is 15.8 Å². The SMILES string of the molecule is O=[N+]([O-])c1cccc(NC(=S)NCc2ccccc2F)c1. The standard InChI is InChI=1S/C14H12FN3O2S/c15-13-7-2-1-4-10(13)9-16-14(21)17-11-5-3-6-12(8-11)18(19)20/h1-8H,9H2,(H2,16,17,21). The van der Waals surface area contributed by atoms with Gasteiger partial charge >= 0.3 is 0 Å². The number of hydrogen-bond acceptors (Lipinski definition) is 3. The zero-order valence-electron chi connectivity index (χ0n) is 10.9. The Kier molecular flexibility index (Phi) is 4.78. The number of benzene rings is 2. The molecule has 0 aliphatic heterocycles. The van der Waals surface area contributed by atoms with Gasteiger partial charge in [-0.15, -0.1) is 0 Å². The first-order chi connectivity index (χ1) is 10.1. The van der Waals surface area contributed by atoms with Gasteiger partial charge in [-0.2, -0.15) is 0 Å². The van der Waals surface area contributed by atoms with Gasteiger partial charge in [0.05, 0.1) is 4.92 Å². The molecule has 0 bridgehead atoms. The third-order valence-corrected chi connectivity index (χ3v) is 2.96. The molecular formula is C14H12FN3O2S. The fourth-order valence-corrected chi connectivity index (χ4v) is 1.88. The monoisotopic (exact) mass is 305 g/mol. The van der Waals surface area contributed by atoms with Crippen LogP contribution in [0.5, 0.6) is 0 Å². The molecule has 2 N–H and O–H groups in total. The number of hydrogen-bond donors (Lipinski definition) is 2. The van der Waals surface area contributed by atoms with E-state index in [-0.39, 0.29) is 23.2 Å². The number of anilines is 1. The number of nitrogens with one attached hydrogen (secondary N) is 2. The molecule has 0 aliphatic rings. The van der Waals surface area contributed by atoms with Crippen molar-refractivity contribution < 1.29 is 9.31 Å². The van der Waals surface area contributed by atoms with E-state index in [4.69, 9.17) is 12.2 Å². The van der Waals surface area contributed by atoms with Gasteiger partial charge < -0.3 is 10.6 Å². The molecule has 0 unspecified atom stereocenters. The van der Waals surface area contributed by atoms with Crippen LogP contribution in [0, 0.1) is 15.9 Å². The first kappa shape index (κ1) is 14.9. The van der Waals surface area contributed by atoms with Crippen molar-refractivity contribution in [1.29, 1.82) is 0 Å². The molecule has 0 aromatic heterocycles. The number of nitro benzene ring substituents is 1. The molecule has 0 saturated heterocycles. The van der Waals surface area contributed by atoms with E-state index in [9.17, 15) is 14.5 Å². The van der Waals surface area contributed by atoms with Crippen LogP contribution in [0.25, 0.3) is 0 Å². The largest absolute Gasteiger partial charge is 0.358 e. The Morgan fingerprint density at radius 1 is 1.24 bits per heavy atom. The number of halogens is 1. The summed E-state index contributed by atoms with van der Waals surface area (Å²) < 4.78 is 13.4. The lowest BCUT2D eigenvalue weighted by molar-refractivity contribution is -0.384. The second-order valence-corrected chi connectivity index (χ2v) is 4.61. The van der Waals surface area contributed by atoms with Crippen molar-refractivity contribution in [3.05, 3.63) is 70.0 Å². The maximum absolute atomic E-state index is 13.4. The fraction of sp³-hybridized carbons (Fsp3) is 0.0714. The van der Waals surface area contributed by atoms with E-state index in [0.717, 1.165) is 0 Å². The second-order valence-electron chi connectivity index (χ2n) is 4.21. The number of non-ortho nitro benzene ring substituents is 1. The Morgan fingerprint density at radius 3 is 2.71 bits per heavy atom. The van der Waals surface area contributed by atoms with Gasteiger partial charge in [0.15, 0.2) is 5.11 Å². The van der Waals surface area contributed by atoms with E-state index < -0.39 is 4.92 Å². The molecule has 0 saturated carbocycles. The highest BCUT2D eigenvalue weighted by atomic mass is 32.1. The van der Waals surface area contributed by atoms with E-state index in [0.29, 0.717) is 11.3 Å². The summed E-state index contributed by atoms with van der Waals surface area (Å²) >= 11 is 5.07. The smallest absolute Gasteiger partial charge is 0.271 e. The van der Waals surface area contributed by atoms with E-state index in [1.54, 1.807) is 30.3 Å². The van der Waals surface area contributed by atoms with Gasteiger partial charge in [0.1, 0.15) is 5.82 Å². The van der Waals surface area contributed by atoms with Crippen LogP contribution in [-0.2, 0) is 6.54 Å². The Hall–Kier alpha value is -2.54. The zero-order chi connectivity index (χ0) is 15.2. The van der Waals surface area contributed by atoms with Gasteiger partial charge in [-0.1, -0.05) is 24.3 Å². The highest BCUT2D eigenvalue weighted by Gasteiger charge is 2.07. The van der Waals surface area contributed by atoms with Crippen molar-refractivity contribution in [2.45, 2.75) is 6.54 Å². The normalized spacial score (nSPS) is 9.95. The fourth-order valence-electron chi connectivity index (χ4n) is 1.69.